The number of likely N-dealkylation sites (tertiary alicyclic amines) is 1. The van der Waals surface area contributed by atoms with E-state index >= 15 is 0 Å². The number of furan rings is 1. The van der Waals surface area contributed by atoms with Crippen LogP contribution in [0.1, 0.15) is 18.4 Å². The number of methoxy groups -OCH3 is 1. The molecule has 2 saturated heterocycles. The molecule has 0 aliphatic carbocycles. The van der Waals surface area contributed by atoms with E-state index in [2.05, 4.69) is 22.3 Å². The molecule has 7 heteroatoms. The number of nitrogens with zero attached hydrogens (tertiary/aromatic N) is 1. The molecule has 36 heavy (non-hydrogen) atoms. The molecule has 1 amide bonds. The third-order valence-electron chi connectivity index (χ3n) is 7.27. The molecule has 0 radical (unpaired) electrons. The largest absolute Gasteiger partial charge is 0.495 e. The lowest BCUT2D eigenvalue weighted by molar-refractivity contribution is -0.117. The third-order valence-corrected chi connectivity index (χ3v) is 7.27. The van der Waals surface area contributed by atoms with Crippen LogP contribution in [0.3, 0.4) is 0 Å². The van der Waals surface area contributed by atoms with E-state index < -0.39 is 0 Å². The highest BCUT2D eigenvalue weighted by molar-refractivity contribution is 6.07. The summed E-state index contributed by atoms with van der Waals surface area (Å²) in [6.45, 7) is 2.85. The second-order valence-corrected chi connectivity index (χ2v) is 9.67. The van der Waals surface area contributed by atoms with E-state index in [9.17, 15) is 4.79 Å². The standard InChI is InChI=1S/C29H30N2O5/c1-33-26-14-22-21-10-5-6-11-24(21)36-25(22)15-23(26)30-28(32)17-31-16-27(29(19-31)12-7-13-35-29)34-18-20-8-3-2-4-9-20/h2-6,8-11,14-15,27H,7,12-13,16-19H2,1H3,(H,30,32)/t27-,29-/m0/s1. The van der Waals surface area contributed by atoms with E-state index in [1.807, 2.05) is 54.6 Å². The molecule has 3 heterocycles. The van der Waals surface area contributed by atoms with Crippen LogP contribution in [0, 0.1) is 0 Å². The van der Waals surface area contributed by atoms with Crippen LogP contribution in [0.2, 0.25) is 0 Å². The predicted molar refractivity (Wildman–Crippen MR) is 138 cm³/mol. The first-order valence-electron chi connectivity index (χ1n) is 12.4. The van der Waals surface area contributed by atoms with Gasteiger partial charge in [0.1, 0.15) is 28.6 Å². The normalized spacial score (nSPS) is 22.1. The van der Waals surface area contributed by atoms with Gasteiger partial charge < -0.3 is 23.9 Å². The molecule has 0 saturated carbocycles. The number of amides is 1. The summed E-state index contributed by atoms with van der Waals surface area (Å²) < 4.78 is 24.2. The summed E-state index contributed by atoms with van der Waals surface area (Å²) in [6, 6.07) is 21.8. The number of hydrogen-bond donors (Lipinski definition) is 1. The van der Waals surface area contributed by atoms with Gasteiger partial charge in [-0.25, -0.2) is 0 Å². The average molecular weight is 487 g/mol. The SMILES string of the molecule is COc1cc2c(cc1NC(=O)CN1C[C@H](OCc3ccccc3)[C@]3(CCCO3)C1)oc1ccccc12. The van der Waals surface area contributed by atoms with Crippen LogP contribution in [-0.2, 0) is 20.9 Å². The molecule has 2 aliphatic rings. The van der Waals surface area contributed by atoms with Gasteiger partial charge in [0.2, 0.25) is 5.91 Å². The number of rotatable bonds is 7. The molecule has 1 aromatic heterocycles. The summed E-state index contributed by atoms with van der Waals surface area (Å²) in [7, 11) is 1.61. The van der Waals surface area contributed by atoms with Crippen LogP contribution >= 0.6 is 0 Å². The van der Waals surface area contributed by atoms with Gasteiger partial charge in [-0.05, 0) is 30.5 Å². The number of hydrogen-bond acceptors (Lipinski definition) is 6. The molecule has 2 fully saturated rings. The van der Waals surface area contributed by atoms with E-state index in [0.29, 0.717) is 36.7 Å². The van der Waals surface area contributed by atoms with Crippen molar-refractivity contribution in [1.82, 2.24) is 4.90 Å². The lowest BCUT2D eigenvalue weighted by atomic mass is 9.96. The molecule has 2 aliphatic heterocycles. The van der Waals surface area contributed by atoms with Crippen molar-refractivity contribution in [1.29, 1.82) is 0 Å². The van der Waals surface area contributed by atoms with Crippen LogP contribution in [0.25, 0.3) is 21.9 Å². The Balaban J connectivity index is 1.16. The Morgan fingerprint density at radius 1 is 1.08 bits per heavy atom. The minimum absolute atomic E-state index is 0.0746. The van der Waals surface area contributed by atoms with Crippen molar-refractivity contribution < 1.29 is 23.4 Å². The summed E-state index contributed by atoms with van der Waals surface area (Å²) in [6.07, 6.45) is 1.88. The van der Waals surface area contributed by atoms with Gasteiger partial charge in [-0.1, -0.05) is 48.5 Å². The van der Waals surface area contributed by atoms with Crippen molar-refractivity contribution in [2.75, 3.05) is 38.7 Å². The van der Waals surface area contributed by atoms with Gasteiger partial charge in [-0.3, -0.25) is 9.69 Å². The zero-order valence-corrected chi connectivity index (χ0v) is 20.4. The quantitative estimate of drug-likeness (QED) is 0.397. The fourth-order valence-electron chi connectivity index (χ4n) is 5.55. The second kappa shape index (κ2) is 9.58. The fourth-order valence-corrected chi connectivity index (χ4v) is 5.55. The molecule has 186 valence electrons. The Bertz CT molecular complexity index is 1380. The molecule has 1 spiro atoms. The van der Waals surface area contributed by atoms with Crippen molar-refractivity contribution in [2.24, 2.45) is 0 Å². The Kier molecular flexibility index (Phi) is 6.13. The number of ether oxygens (including phenoxy) is 3. The minimum Gasteiger partial charge on any atom is -0.495 e. The van der Waals surface area contributed by atoms with Crippen molar-refractivity contribution in [3.63, 3.8) is 0 Å². The Labute approximate surface area is 209 Å². The highest BCUT2D eigenvalue weighted by atomic mass is 16.6. The zero-order valence-electron chi connectivity index (χ0n) is 20.4. The average Bonchev–Trinajstić information content (AvgIpc) is 3.60. The van der Waals surface area contributed by atoms with Gasteiger partial charge in [0, 0.05) is 36.5 Å². The smallest absolute Gasteiger partial charge is 0.238 e. The van der Waals surface area contributed by atoms with E-state index in [0.717, 1.165) is 41.4 Å². The van der Waals surface area contributed by atoms with Crippen LogP contribution < -0.4 is 10.1 Å². The summed E-state index contributed by atoms with van der Waals surface area (Å²) in [4.78, 5) is 15.2. The number of fused-ring (bicyclic) bond motifs is 3. The molecular formula is C29H30N2O5. The summed E-state index contributed by atoms with van der Waals surface area (Å²) in [5, 5.41) is 5.00. The van der Waals surface area contributed by atoms with E-state index in [4.69, 9.17) is 18.6 Å². The topological polar surface area (TPSA) is 73.2 Å². The van der Waals surface area contributed by atoms with E-state index in [1.54, 1.807) is 7.11 Å². The highest BCUT2D eigenvalue weighted by Gasteiger charge is 2.50. The summed E-state index contributed by atoms with van der Waals surface area (Å²) >= 11 is 0. The lowest BCUT2D eigenvalue weighted by Gasteiger charge is -2.29. The molecule has 4 aromatic rings. The van der Waals surface area contributed by atoms with Gasteiger partial charge in [-0.2, -0.15) is 0 Å². The molecular weight excluding hydrogens is 456 g/mol. The zero-order chi connectivity index (χ0) is 24.5. The van der Waals surface area contributed by atoms with Gasteiger partial charge in [0.15, 0.2) is 0 Å². The Hall–Kier alpha value is -3.39. The minimum atomic E-state index is -0.347. The highest BCUT2D eigenvalue weighted by Crippen LogP contribution is 2.38. The Morgan fingerprint density at radius 2 is 1.92 bits per heavy atom. The molecule has 3 aromatic carbocycles. The van der Waals surface area contributed by atoms with Crippen molar-refractivity contribution >= 4 is 33.5 Å². The molecule has 2 atom stereocenters. The van der Waals surface area contributed by atoms with Crippen molar-refractivity contribution in [2.45, 2.75) is 31.2 Å². The van der Waals surface area contributed by atoms with Crippen molar-refractivity contribution in [3.05, 3.63) is 72.3 Å². The van der Waals surface area contributed by atoms with E-state index in [-0.39, 0.29) is 24.2 Å². The first kappa shape index (κ1) is 23.0. The monoisotopic (exact) mass is 486 g/mol. The van der Waals surface area contributed by atoms with Crippen molar-refractivity contribution in [3.8, 4) is 5.75 Å². The van der Waals surface area contributed by atoms with Crippen LogP contribution in [0.15, 0.2) is 71.1 Å². The van der Waals surface area contributed by atoms with Gasteiger partial charge >= 0.3 is 0 Å². The molecule has 0 bridgehead atoms. The maximum atomic E-state index is 13.1. The van der Waals surface area contributed by atoms with Gasteiger partial charge in [0.25, 0.3) is 0 Å². The Morgan fingerprint density at radius 3 is 2.72 bits per heavy atom. The number of anilines is 1. The van der Waals surface area contributed by atoms with Gasteiger partial charge in [-0.15, -0.1) is 0 Å². The molecule has 7 nitrogen and oxygen atoms in total. The third kappa shape index (κ3) is 4.34. The number of para-hydroxylation sites is 1. The number of nitrogens with one attached hydrogen (secondary N) is 1. The van der Waals surface area contributed by atoms with E-state index in [1.165, 1.54) is 0 Å². The predicted octanol–water partition coefficient (Wildman–Crippen LogP) is 4.98. The number of carbonyl (C=O) groups is 1. The first-order valence-corrected chi connectivity index (χ1v) is 12.4. The lowest BCUT2D eigenvalue weighted by Crippen LogP contribution is -2.42. The van der Waals surface area contributed by atoms with Gasteiger partial charge in [0.05, 0.1) is 25.9 Å². The molecule has 6 rings (SSSR count). The summed E-state index contributed by atoms with van der Waals surface area (Å²) in [5.41, 5.74) is 2.89. The molecule has 0 unspecified atom stereocenters. The fraction of sp³-hybridized carbons (Fsp3) is 0.345. The number of benzene rings is 3. The first-order chi connectivity index (χ1) is 17.6. The maximum absolute atomic E-state index is 13.1. The van der Waals surface area contributed by atoms with Crippen LogP contribution in [-0.4, -0.2) is 55.9 Å². The van der Waals surface area contributed by atoms with Crippen LogP contribution in [0.5, 0.6) is 5.75 Å². The molecule has 1 N–H and O–H groups in total. The van der Waals surface area contributed by atoms with Crippen LogP contribution in [0.4, 0.5) is 5.69 Å². The summed E-state index contributed by atoms with van der Waals surface area (Å²) in [5.74, 6) is 0.490. The number of carbonyl (C=O) groups excluding carboxylic acids is 1. The second-order valence-electron chi connectivity index (χ2n) is 9.67. The maximum Gasteiger partial charge on any atom is 0.238 e.